The zero-order valence-electron chi connectivity index (χ0n) is 14.4. The van der Waals surface area contributed by atoms with E-state index in [-0.39, 0.29) is 11.5 Å². The van der Waals surface area contributed by atoms with Crippen LogP contribution in [0, 0.1) is 5.82 Å². The third-order valence-electron chi connectivity index (χ3n) is 4.73. The first kappa shape index (κ1) is 19.8. The van der Waals surface area contributed by atoms with Gasteiger partial charge in [-0.1, -0.05) is 25.0 Å². The lowest BCUT2D eigenvalue weighted by Gasteiger charge is -2.38. The van der Waals surface area contributed by atoms with Crippen molar-refractivity contribution in [3.63, 3.8) is 0 Å². The van der Waals surface area contributed by atoms with Gasteiger partial charge < -0.3 is 15.1 Å². The highest BCUT2D eigenvalue weighted by Crippen LogP contribution is 2.24. The van der Waals surface area contributed by atoms with Gasteiger partial charge in [-0.3, -0.25) is 9.69 Å². The van der Waals surface area contributed by atoms with Gasteiger partial charge in [0.25, 0.3) is 5.91 Å². The molecule has 1 heterocycles. The summed E-state index contributed by atoms with van der Waals surface area (Å²) in [4.78, 5) is 34.8. The molecule has 142 valence electrons. The number of hydrogen-bond donors (Lipinski definition) is 2. The second-order valence-corrected chi connectivity index (χ2v) is 6.36. The number of hydrogen-bond acceptors (Lipinski definition) is 4. The van der Waals surface area contributed by atoms with E-state index >= 15 is 0 Å². The number of benzene rings is 1. The molecule has 1 amide bonds. The van der Waals surface area contributed by atoms with Crippen LogP contribution in [0.4, 0.5) is 4.39 Å². The van der Waals surface area contributed by atoms with Gasteiger partial charge in [-0.15, -0.1) is 0 Å². The normalized spacial score (nSPS) is 18.1. The van der Waals surface area contributed by atoms with Crippen molar-refractivity contribution in [2.24, 2.45) is 0 Å². The molecule has 1 aliphatic heterocycles. The minimum Gasteiger partial charge on any atom is -0.473 e. The van der Waals surface area contributed by atoms with Crippen LogP contribution in [0.25, 0.3) is 0 Å². The summed E-state index contributed by atoms with van der Waals surface area (Å²) in [5.74, 6) is -4.24. The lowest BCUT2D eigenvalue weighted by molar-refractivity contribution is -0.159. The van der Waals surface area contributed by atoms with E-state index in [4.69, 9.17) is 19.8 Å². The van der Waals surface area contributed by atoms with E-state index in [1.807, 2.05) is 0 Å². The highest BCUT2D eigenvalue weighted by molar-refractivity contribution is 6.27. The van der Waals surface area contributed by atoms with Crippen LogP contribution in [0.3, 0.4) is 0 Å². The fourth-order valence-corrected chi connectivity index (χ4v) is 3.36. The summed E-state index contributed by atoms with van der Waals surface area (Å²) in [5, 5.41) is 14.8. The van der Waals surface area contributed by atoms with Gasteiger partial charge in [0.05, 0.1) is 5.56 Å². The fourth-order valence-electron chi connectivity index (χ4n) is 3.36. The smallest absolute Gasteiger partial charge is 0.414 e. The van der Waals surface area contributed by atoms with Crippen molar-refractivity contribution in [2.45, 2.75) is 31.7 Å². The number of aliphatic carboxylic acids is 2. The Morgan fingerprint density at radius 1 is 0.923 bits per heavy atom. The Morgan fingerprint density at radius 2 is 1.46 bits per heavy atom. The average Bonchev–Trinajstić information content (AvgIpc) is 3.17. The van der Waals surface area contributed by atoms with E-state index in [1.54, 1.807) is 23.1 Å². The van der Waals surface area contributed by atoms with Crippen molar-refractivity contribution in [1.82, 2.24) is 9.80 Å². The number of amides is 1. The van der Waals surface area contributed by atoms with Crippen molar-refractivity contribution in [1.29, 1.82) is 0 Å². The molecule has 7 nitrogen and oxygen atoms in total. The lowest BCUT2D eigenvalue weighted by atomic mass is 10.1. The van der Waals surface area contributed by atoms with Crippen LogP contribution in [0.15, 0.2) is 24.3 Å². The van der Waals surface area contributed by atoms with Crippen LogP contribution in [-0.4, -0.2) is 70.1 Å². The maximum absolute atomic E-state index is 13.7. The predicted octanol–water partition coefficient (Wildman–Crippen LogP) is 1.68. The average molecular weight is 366 g/mol. The zero-order chi connectivity index (χ0) is 19.1. The van der Waals surface area contributed by atoms with Gasteiger partial charge in [0.2, 0.25) is 0 Å². The third kappa shape index (κ3) is 5.26. The van der Waals surface area contributed by atoms with Crippen molar-refractivity contribution >= 4 is 17.8 Å². The molecular weight excluding hydrogens is 343 g/mol. The molecule has 0 unspecified atom stereocenters. The number of carbonyl (C=O) groups is 3. The lowest BCUT2D eigenvalue weighted by Crippen LogP contribution is -2.51. The molecule has 1 saturated carbocycles. The van der Waals surface area contributed by atoms with Gasteiger partial charge in [-0.05, 0) is 25.0 Å². The maximum atomic E-state index is 13.7. The Balaban J connectivity index is 0.000000352. The highest BCUT2D eigenvalue weighted by Gasteiger charge is 2.28. The molecule has 0 spiro atoms. The van der Waals surface area contributed by atoms with E-state index in [9.17, 15) is 9.18 Å². The molecule has 0 bridgehead atoms. The van der Waals surface area contributed by atoms with E-state index in [2.05, 4.69) is 4.90 Å². The van der Waals surface area contributed by atoms with Crippen molar-refractivity contribution in [2.75, 3.05) is 26.2 Å². The fraction of sp³-hybridized carbons (Fsp3) is 0.500. The van der Waals surface area contributed by atoms with Crippen LogP contribution in [-0.2, 0) is 9.59 Å². The third-order valence-corrected chi connectivity index (χ3v) is 4.73. The topological polar surface area (TPSA) is 98.1 Å². The second kappa shape index (κ2) is 9.28. The summed E-state index contributed by atoms with van der Waals surface area (Å²) in [6.45, 7) is 3.27. The first-order valence-corrected chi connectivity index (χ1v) is 8.64. The summed E-state index contributed by atoms with van der Waals surface area (Å²) in [7, 11) is 0. The minimum atomic E-state index is -1.82. The Morgan fingerprint density at radius 3 is 1.96 bits per heavy atom. The molecule has 2 N–H and O–H groups in total. The number of carbonyl (C=O) groups excluding carboxylic acids is 1. The molecule has 3 rings (SSSR count). The number of halogens is 1. The Hall–Kier alpha value is -2.48. The molecule has 26 heavy (non-hydrogen) atoms. The van der Waals surface area contributed by atoms with Crippen LogP contribution < -0.4 is 0 Å². The Labute approximate surface area is 151 Å². The molecule has 0 atom stereocenters. The molecule has 0 radical (unpaired) electrons. The molecule has 2 aliphatic rings. The van der Waals surface area contributed by atoms with Crippen molar-refractivity contribution in [3.8, 4) is 0 Å². The van der Waals surface area contributed by atoms with E-state index in [1.165, 1.54) is 31.7 Å². The van der Waals surface area contributed by atoms with E-state index in [0.29, 0.717) is 19.1 Å². The summed E-state index contributed by atoms with van der Waals surface area (Å²) in [6, 6.07) is 6.96. The standard InChI is InChI=1S/C16H21FN2O.C2H2O4/c17-15-8-4-3-7-14(15)16(20)19-11-9-18(10-12-19)13-5-1-2-6-13;3-1(4)2(5)6/h3-4,7-8,13H,1-2,5-6,9-12H2;(H,3,4)(H,5,6). The molecule has 1 aliphatic carbocycles. The highest BCUT2D eigenvalue weighted by atomic mass is 19.1. The number of carboxylic acid groups (broad SMARTS) is 2. The van der Waals surface area contributed by atoms with Crippen molar-refractivity contribution < 1.29 is 29.0 Å². The largest absolute Gasteiger partial charge is 0.473 e. The van der Waals surface area contributed by atoms with Crippen molar-refractivity contribution in [3.05, 3.63) is 35.6 Å². The van der Waals surface area contributed by atoms with Crippen LogP contribution in [0.5, 0.6) is 0 Å². The molecule has 0 aromatic heterocycles. The molecular formula is C18H23FN2O5. The van der Waals surface area contributed by atoms with Crippen LogP contribution in [0.2, 0.25) is 0 Å². The quantitative estimate of drug-likeness (QED) is 0.773. The number of carboxylic acids is 2. The molecule has 1 aromatic rings. The number of piperazine rings is 1. The molecule has 1 saturated heterocycles. The van der Waals surface area contributed by atoms with Gasteiger partial charge in [0.15, 0.2) is 0 Å². The minimum absolute atomic E-state index is 0.172. The SMILES string of the molecule is O=C(O)C(=O)O.O=C(c1ccccc1F)N1CCN(C2CCCC2)CC1. The van der Waals surface area contributed by atoms with Crippen LogP contribution in [0.1, 0.15) is 36.0 Å². The molecule has 2 fully saturated rings. The monoisotopic (exact) mass is 366 g/mol. The Bertz CT molecular complexity index is 641. The van der Waals surface area contributed by atoms with Gasteiger partial charge in [-0.2, -0.15) is 0 Å². The number of nitrogens with zero attached hydrogens (tertiary/aromatic N) is 2. The summed E-state index contributed by atoms with van der Waals surface area (Å²) in [6.07, 6.45) is 5.25. The molecule has 1 aromatic carbocycles. The first-order valence-electron chi connectivity index (χ1n) is 8.64. The van der Waals surface area contributed by atoms with Gasteiger partial charge in [-0.25, -0.2) is 14.0 Å². The summed E-state index contributed by atoms with van der Waals surface area (Å²) >= 11 is 0. The Kier molecular flexibility index (Phi) is 7.08. The van der Waals surface area contributed by atoms with Gasteiger partial charge in [0, 0.05) is 32.2 Å². The summed E-state index contributed by atoms with van der Waals surface area (Å²) in [5.41, 5.74) is 0.196. The summed E-state index contributed by atoms with van der Waals surface area (Å²) < 4.78 is 13.7. The number of rotatable bonds is 2. The second-order valence-electron chi connectivity index (χ2n) is 6.36. The van der Waals surface area contributed by atoms with E-state index < -0.39 is 17.8 Å². The van der Waals surface area contributed by atoms with E-state index in [0.717, 1.165) is 13.1 Å². The van der Waals surface area contributed by atoms with Gasteiger partial charge >= 0.3 is 11.9 Å². The zero-order valence-corrected chi connectivity index (χ0v) is 14.4. The first-order chi connectivity index (χ1) is 12.4. The molecule has 8 heteroatoms. The van der Waals surface area contributed by atoms with Crippen LogP contribution >= 0.6 is 0 Å². The maximum Gasteiger partial charge on any atom is 0.414 e. The van der Waals surface area contributed by atoms with Gasteiger partial charge in [0.1, 0.15) is 5.82 Å². The predicted molar refractivity (Wildman–Crippen MR) is 91.4 cm³/mol.